The third kappa shape index (κ3) is 4.33. The molecule has 136 valence electrons. The lowest BCUT2D eigenvalue weighted by Gasteiger charge is -2.09. The van der Waals surface area contributed by atoms with Crippen LogP contribution in [0.4, 0.5) is 26.0 Å². The summed E-state index contributed by atoms with van der Waals surface area (Å²) in [6, 6.07) is 13.2. The number of halogens is 2. The summed E-state index contributed by atoms with van der Waals surface area (Å²) in [6.45, 7) is 1.48. The van der Waals surface area contributed by atoms with Crippen molar-refractivity contribution >= 4 is 28.9 Å². The Labute approximate surface area is 154 Å². The van der Waals surface area contributed by atoms with Crippen LogP contribution < -0.4 is 10.6 Å². The predicted octanol–water partition coefficient (Wildman–Crippen LogP) is 4.56. The molecule has 1 amide bonds. The van der Waals surface area contributed by atoms with Gasteiger partial charge in [-0.3, -0.25) is 9.59 Å². The van der Waals surface area contributed by atoms with Gasteiger partial charge in [-0.05, 0) is 43.3 Å². The van der Waals surface area contributed by atoms with Crippen LogP contribution in [0.2, 0.25) is 0 Å². The quantitative estimate of drug-likeness (QED) is 0.649. The van der Waals surface area contributed by atoms with Gasteiger partial charge < -0.3 is 10.6 Å². The number of benzene rings is 2. The number of carbonyl (C=O) groups excluding carboxylic acids is 2. The Morgan fingerprint density at radius 3 is 2.26 bits per heavy atom. The first-order chi connectivity index (χ1) is 12.9. The normalized spacial score (nSPS) is 10.3. The topological polar surface area (TPSA) is 71.1 Å². The second kappa shape index (κ2) is 7.74. The minimum atomic E-state index is -0.861. The largest absolute Gasteiger partial charge is 0.340 e. The predicted molar refractivity (Wildman–Crippen MR) is 98.3 cm³/mol. The van der Waals surface area contributed by atoms with E-state index in [0.29, 0.717) is 17.1 Å². The van der Waals surface area contributed by atoms with Crippen molar-refractivity contribution in [2.45, 2.75) is 6.92 Å². The van der Waals surface area contributed by atoms with Gasteiger partial charge in [0.2, 0.25) is 0 Å². The van der Waals surface area contributed by atoms with E-state index >= 15 is 0 Å². The Morgan fingerprint density at radius 2 is 1.63 bits per heavy atom. The summed E-state index contributed by atoms with van der Waals surface area (Å²) in [6.07, 6.45) is 1.28. The van der Waals surface area contributed by atoms with Crippen molar-refractivity contribution in [3.05, 3.63) is 83.6 Å². The van der Waals surface area contributed by atoms with E-state index in [-0.39, 0.29) is 11.3 Å². The number of carbonyl (C=O) groups is 2. The third-order valence-corrected chi connectivity index (χ3v) is 3.77. The maximum atomic E-state index is 13.6. The van der Waals surface area contributed by atoms with Crippen molar-refractivity contribution < 1.29 is 18.4 Å². The van der Waals surface area contributed by atoms with E-state index in [1.807, 2.05) is 0 Å². The van der Waals surface area contributed by atoms with Crippen LogP contribution in [0.15, 0.2) is 60.8 Å². The molecule has 0 aliphatic rings. The highest BCUT2D eigenvalue weighted by Gasteiger charge is 2.13. The van der Waals surface area contributed by atoms with Crippen molar-refractivity contribution in [1.82, 2.24) is 4.98 Å². The fraction of sp³-hybridized carbons (Fsp3) is 0.0500. The fourth-order valence-corrected chi connectivity index (χ4v) is 2.37. The number of hydrogen-bond acceptors (Lipinski definition) is 4. The molecule has 2 aromatic carbocycles. The lowest BCUT2D eigenvalue weighted by Crippen LogP contribution is -2.14. The van der Waals surface area contributed by atoms with Crippen LogP contribution in [0.5, 0.6) is 0 Å². The molecule has 3 aromatic rings. The maximum absolute atomic E-state index is 13.6. The number of para-hydroxylation sites is 1. The van der Waals surface area contributed by atoms with E-state index in [4.69, 9.17) is 0 Å². The number of amides is 1. The number of nitrogens with one attached hydrogen (secondary N) is 2. The van der Waals surface area contributed by atoms with E-state index in [0.717, 1.165) is 12.1 Å². The van der Waals surface area contributed by atoms with Crippen LogP contribution in [0.1, 0.15) is 27.6 Å². The molecule has 0 unspecified atom stereocenters. The molecule has 5 nitrogen and oxygen atoms in total. The van der Waals surface area contributed by atoms with E-state index in [2.05, 4.69) is 15.6 Å². The van der Waals surface area contributed by atoms with Gasteiger partial charge in [0.25, 0.3) is 5.91 Å². The zero-order chi connectivity index (χ0) is 19.4. The first-order valence-corrected chi connectivity index (χ1v) is 8.03. The van der Waals surface area contributed by atoms with Gasteiger partial charge in [-0.2, -0.15) is 0 Å². The summed E-state index contributed by atoms with van der Waals surface area (Å²) in [5.74, 6) is -2.01. The van der Waals surface area contributed by atoms with Crippen LogP contribution in [-0.4, -0.2) is 16.7 Å². The molecule has 1 aromatic heterocycles. The molecule has 0 radical (unpaired) electrons. The number of Topliss-reactive ketones (excluding diaryl/α,β-unsaturated/α-hetero) is 1. The summed E-state index contributed by atoms with van der Waals surface area (Å²) in [7, 11) is 0. The molecule has 0 fully saturated rings. The Kier molecular flexibility index (Phi) is 5.21. The summed E-state index contributed by atoms with van der Waals surface area (Å²) in [4.78, 5) is 27.7. The van der Waals surface area contributed by atoms with Crippen LogP contribution >= 0.6 is 0 Å². The molecule has 3 rings (SSSR count). The highest BCUT2D eigenvalue weighted by Crippen LogP contribution is 2.20. The van der Waals surface area contributed by atoms with Crippen LogP contribution in [-0.2, 0) is 0 Å². The van der Waals surface area contributed by atoms with E-state index in [1.54, 1.807) is 30.3 Å². The number of anilines is 3. The van der Waals surface area contributed by atoms with Crippen LogP contribution in [0.3, 0.4) is 0 Å². The number of nitrogens with zero attached hydrogens (tertiary/aromatic N) is 1. The highest BCUT2D eigenvalue weighted by atomic mass is 19.1. The molecule has 0 saturated carbocycles. The standard InChI is InChI=1S/C20H15F2N3O2/c1-12(26)13-4-2-5-15(10-13)24-18-9-8-14(11-23-18)20(27)25-19-16(21)6-3-7-17(19)22/h2-11H,1H3,(H,23,24)(H,25,27). The average molecular weight is 367 g/mol. The molecule has 27 heavy (non-hydrogen) atoms. The van der Waals surface area contributed by atoms with Gasteiger partial charge in [0.1, 0.15) is 23.1 Å². The summed E-state index contributed by atoms with van der Waals surface area (Å²) in [5, 5.41) is 5.22. The van der Waals surface area contributed by atoms with Gasteiger partial charge in [-0.1, -0.05) is 18.2 Å². The Hall–Kier alpha value is -3.61. The first-order valence-electron chi connectivity index (χ1n) is 8.03. The van der Waals surface area contributed by atoms with E-state index in [1.165, 1.54) is 25.3 Å². The molecule has 1 heterocycles. The molecule has 0 aliphatic carbocycles. The number of aromatic nitrogens is 1. The minimum absolute atomic E-state index is 0.0565. The van der Waals surface area contributed by atoms with Gasteiger partial charge in [0, 0.05) is 17.4 Å². The minimum Gasteiger partial charge on any atom is -0.340 e. The third-order valence-electron chi connectivity index (χ3n) is 3.77. The monoisotopic (exact) mass is 367 g/mol. The number of ketones is 1. The average Bonchev–Trinajstić information content (AvgIpc) is 2.65. The Balaban J connectivity index is 1.72. The molecule has 0 atom stereocenters. The zero-order valence-electron chi connectivity index (χ0n) is 14.3. The lowest BCUT2D eigenvalue weighted by atomic mass is 10.1. The SMILES string of the molecule is CC(=O)c1cccc(Nc2ccc(C(=O)Nc3c(F)cccc3F)cn2)c1. The molecule has 0 saturated heterocycles. The van der Waals surface area contributed by atoms with E-state index in [9.17, 15) is 18.4 Å². The van der Waals surface area contributed by atoms with Crippen molar-refractivity contribution in [2.24, 2.45) is 0 Å². The Morgan fingerprint density at radius 1 is 0.926 bits per heavy atom. The van der Waals surface area contributed by atoms with E-state index < -0.39 is 23.2 Å². The molecule has 2 N–H and O–H groups in total. The molecule has 0 aliphatic heterocycles. The van der Waals surface area contributed by atoms with Gasteiger partial charge in [-0.15, -0.1) is 0 Å². The zero-order valence-corrected chi connectivity index (χ0v) is 14.3. The second-order valence-electron chi connectivity index (χ2n) is 5.74. The smallest absolute Gasteiger partial charge is 0.257 e. The molecule has 0 spiro atoms. The van der Waals surface area contributed by atoms with Gasteiger partial charge >= 0.3 is 0 Å². The van der Waals surface area contributed by atoms with Crippen LogP contribution in [0, 0.1) is 11.6 Å². The first kappa shape index (κ1) is 18.2. The summed E-state index contributed by atoms with van der Waals surface area (Å²) in [5.41, 5.74) is 0.857. The summed E-state index contributed by atoms with van der Waals surface area (Å²) < 4.78 is 27.2. The molecular weight excluding hydrogens is 352 g/mol. The molecule has 0 bridgehead atoms. The van der Waals surface area contributed by atoms with Gasteiger partial charge in [0.15, 0.2) is 5.78 Å². The van der Waals surface area contributed by atoms with Crippen molar-refractivity contribution in [2.75, 3.05) is 10.6 Å². The van der Waals surface area contributed by atoms with Crippen LogP contribution in [0.25, 0.3) is 0 Å². The van der Waals surface area contributed by atoms with Crippen molar-refractivity contribution in [3.8, 4) is 0 Å². The number of rotatable bonds is 5. The second-order valence-corrected chi connectivity index (χ2v) is 5.74. The van der Waals surface area contributed by atoms with Crippen molar-refractivity contribution in [1.29, 1.82) is 0 Å². The molecule has 7 heteroatoms. The molecular formula is C20H15F2N3O2. The fourth-order valence-electron chi connectivity index (χ4n) is 2.37. The van der Waals surface area contributed by atoms with Gasteiger partial charge in [-0.25, -0.2) is 13.8 Å². The maximum Gasteiger partial charge on any atom is 0.257 e. The highest BCUT2D eigenvalue weighted by molar-refractivity contribution is 6.04. The number of hydrogen-bond donors (Lipinski definition) is 2. The summed E-state index contributed by atoms with van der Waals surface area (Å²) >= 11 is 0. The van der Waals surface area contributed by atoms with Gasteiger partial charge in [0.05, 0.1) is 5.56 Å². The Bertz CT molecular complexity index is 984. The number of pyridine rings is 1. The lowest BCUT2D eigenvalue weighted by molar-refractivity contribution is 0.101. The van der Waals surface area contributed by atoms with Crippen molar-refractivity contribution in [3.63, 3.8) is 0 Å².